The summed E-state index contributed by atoms with van der Waals surface area (Å²) in [5, 5.41) is 3.35. The number of aryl methyl sites for hydroxylation is 1. The molecule has 2 rings (SSSR count). The second kappa shape index (κ2) is 4.88. The van der Waals surface area contributed by atoms with Gasteiger partial charge in [0.1, 0.15) is 5.15 Å². The third kappa shape index (κ3) is 3.02. The maximum absolute atomic E-state index is 12.0. The van der Waals surface area contributed by atoms with Crippen LogP contribution in [0.2, 0.25) is 5.15 Å². The Morgan fingerprint density at radius 2 is 2.22 bits per heavy atom. The van der Waals surface area contributed by atoms with Crippen molar-refractivity contribution in [1.82, 2.24) is 10.3 Å². The van der Waals surface area contributed by atoms with Crippen LogP contribution in [0, 0.1) is 11.3 Å². The fraction of sp³-hybridized carbons (Fsp3) is 0.571. The zero-order chi connectivity index (χ0) is 13.3. The number of hydrogen-bond acceptors (Lipinski definition) is 2. The number of nitrogens with zero attached hydrogens (tertiary/aromatic N) is 1. The summed E-state index contributed by atoms with van der Waals surface area (Å²) in [5.74, 6) is 0.543. The van der Waals surface area contributed by atoms with E-state index >= 15 is 0 Å². The third-order valence-electron chi connectivity index (χ3n) is 3.70. The fourth-order valence-corrected chi connectivity index (χ4v) is 2.33. The van der Waals surface area contributed by atoms with Crippen molar-refractivity contribution in [3.63, 3.8) is 0 Å². The third-order valence-corrected chi connectivity index (χ3v) is 3.89. The molecule has 1 heterocycles. The molecule has 1 saturated carbocycles. The first-order chi connectivity index (χ1) is 8.42. The second-order valence-corrected chi connectivity index (χ2v) is 6.01. The summed E-state index contributed by atoms with van der Waals surface area (Å²) in [5.41, 5.74) is 1.84. The van der Waals surface area contributed by atoms with E-state index in [0.717, 1.165) is 18.7 Å². The van der Waals surface area contributed by atoms with Crippen molar-refractivity contribution in [3.05, 3.63) is 28.5 Å². The highest BCUT2D eigenvalue weighted by Gasteiger charge is 2.45. The van der Waals surface area contributed by atoms with Gasteiger partial charge in [-0.25, -0.2) is 4.98 Å². The Bertz CT molecular complexity index is 471. The van der Waals surface area contributed by atoms with Crippen LogP contribution < -0.4 is 5.32 Å². The highest BCUT2D eigenvalue weighted by molar-refractivity contribution is 6.29. The van der Waals surface area contributed by atoms with Crippen molar-refractivity contribution in [3.8, 4) is 0 Å². The number of hydrogen-bond donors (Lipinski definition) is 1. The number of carbonyl (C=O) groups is 1. The summed E-state index contributed by atoms with van der Waals surface area (Å²) >= 11 is 5.90. The fourth-order valence-electron chi connectivity index (χ4n) is 2.11. The van der Waals surface area contributed by atoms with Gasteiger partial charge in [0.15, 0.2) is 0 Å². The summed E-state index contributed by atoms with van der Waals surface area (Å²) in [6, 6.07) is 3.42. The quantitative estimate of drug-likeness (QED) is 0.851. The Morgan fingerprint density at radius 1 is 1.56 bits per heavy atom. The first-order valence-corrected chi connectivity index (χ1v) is 6.75. The summed E-state index contributed by atoms with van der Waals surface area (Å²) in [7, 11) is 0. The van der Waals surface area contributed by atoms with Crippen LogP contribution in [-0.2, 0) is 6.42 Å². The average Bonchev–Trinajstić information content (AvgIpc) is 2.93. The summed E-state index contributed by atoms with van der Waals surface area (Å²) in [6.07, 6.45) is 1.96. The van der Waals surface area contributed by atoms with Gasteiger partial charge in [-0.05, 0) is 36.3 Å². The molecule has 0 aromatic carbocycles. The van der Waals surface area contributed by atoms with E-state index in [1.807, 2.05) is 6.92 Å². The lowest BCUT2D eigenvalue weighted by atomic mass is 10.1. The van der Waals surface area contributed by atoms with E-state index in [2.05, 4.69) is 24.1 Å². The van der Waals surface area contributed by atoms with Crippen molar-refractivity contribution in [2.45, 2.75) is 33.6 Å². The lowest BCUT2D eigenvalue weighted by Gasteiger charge is -2.08. The van der Waals surface area contributed by atoms with Gasteiger partial charge in [0.2, 0.25) is 0 Å². The minimum Gasteiger partial charge on any atom is -0.352 e. The molecule has 1 aromatic rings. The zero-order valence-corrected chi connectivity index (χ0v) is 11.8. The largest absolute Gasteiger partial charge is 0.352 e. The van der Waals surface area contributed by atoms with Crippen molar-refractivity contribution in [1.29, 1.82) is 0 Å². The lowest BCUT2D eigenvalue weighted by Crippen LogP contribution is -2.26. The van der Waals surface area contributed by atoms with Gasteiger partial charge in [-0.3, -0.25) is 4.79 Å². The molecule has 1 aliphatic carbocycles. The number of carbonyl (C=O) groups excluding carboxylic acids is 1. The Labute approximate surface area is 113 Å². The van der Waals surface area contributed by atoms with Crippen LogP contribution in [0.3, 0.4) is 0 Å². The van der Waals surface area contributed by atoms with Gasteiger partial charge in [0.25, 0.3) is 5.91 Å². The Balaban J connectivity index is 1.98. The highest BCUT2D eigenvalue weighted by Crippen LogP contribution is 2.50. The summed E-state index contributed by atoms with van der Waals surface area (Å²) in [4.78, 5) is 16.2. The molecule has 0 bridgehead atoms. The molecular weight excluding hydrogens is 248 g/mol. The van der Waals surface area contributed by atoms with Crippen LogP contribution in [0.25, 0.3) is 0 Å². The minimum absolute atomic E-state index is 0.0586. The average molecular weight is 267 g/mol. The molecule has 1 aromatic heterocycles. The standard InChI is InChI=1S/C14H19ClN2O/c1-4-11-5-9(6-12(15)17-11)13(18)16-8-10-7-14(10,2)3/h5-6,10H,4,7-8H2,1-3H3,(H,16,18). The van der Waals surface area contributed by atoms with Crippen LogP contribution in [0.4, 0.5) is 0 Å². The molecule has 0 spiro atoms. The molecule has 1 aliphatic rings. The number of halogens is 1. The van der Waals surface area contributed by atoms with Crippen molar-refractivity contribution < 1.29 is 4.79 Å². The SMILES string of the molecule is CCc1cc(C(=O)NCC2CC2(C)C)cc(Cl)n1. The predicted molar refractivity (Wildman–Crippen MR) is 72.8 cm³/mol. The predicted octanol–water partition coefficient (Wildman–Crippen LogP) is 3.07. The Hall–Kier alpha value is -1.09. The molecule has 0 radical (unpaired) electrons. The minimum atomic E-state index is -0.0586. The summed E-state index contributed by atoms with van der Waals surface area (Å²) in [6.45, 7) is 7.19. The van der Waals surface area contributed by atoms with Crippen LogP contribution >= 0.6 is 11.6 Å². The highest BCUT2D eigenvalue weighted by atomic mass is 35.5. The maximum Gasteiger partial charge on any atom is 0.251 e. The van der Waals surface area contributed by atoms with Crippen LogP contribution in [0.1, 0.15) is 43.2 Å². The molecule has 18 heavy (non-hydrogen) atoms. The molecule has 1 unspecified atom stereocenters. The van der Waals surface area contributed by atoms with Gasteiger partial charge < -0.3 is 5.32 Å². The first kappa shape index (κ1) is 13.3. The Kier molecular flexibility index (Phi) is 3.62. The van der Waals surface area contributed by atoms with E-state index in [-0.39, 0.29) is 5.91 Å². The monoisotopic (exact) mass is 266 g/mol. The molecule has 4 heteroatoms. The van der Waals surface area contributed by atoms with Crippen molar-refractivity contribution >= 4 is 17.5 Å². The zero-order valence-electron chi connectivity index (χ0n) is 11.1. The van der Waals surface area contributed by atoms with Gasteiger partial charge in [-0.15, -0.1) is 0 Å². The van der Waals surface area contributed by atoms with E-state index in [9.17, 15) is 4.79 Å². The van der Waals surface area contributed by atoms with Crippen LogP contribution in [0.15, 0.2) is 12.1 Å². The van der Waals surface area contributed by atoms with Crippen molar-refractivity contribution in [2.24, 2.45) is 11.3 Å². The topological polar surface area (TPSA) is 42.0 Å². The van der Waals surface area contributed by atoms with Crippen LogP contribution in [-0.4, -0.2) is 17.4 Å². The molecule has 0 saturated heterocycles. The molecule has 1 atom stereocenters. The van der Waals surface area contributed by atoms with Gasteiger partial charge in [-0.1, -0.05) is 32.4 Å². The number of nitrogens with one attached hydrogen (secondary N) is 1. The van der Waals surface area contributed by atoms with Gasteiger partial charge in [-0.2, -0.15) is 0 Å². The number of aromatic nitrogens is 1. The maximum atomic E-state index is 12.0. The lowest BCUT2D eigenvalue weighted by molar-refractivity contribution is 0.0950. The Morgan fingerprint density at radius 3 is 2.78 bits per heavy atom. The number of pyridine rings is 1. The van der Waals surface area contributed by atoms with Crippen LogP contribution in [0.5, 0.6) is 0 Å². The molecule has 3 nitrogen and oxygen atoms in total. The van der Waals surface area contributed by atoms with Gasteiger partial charge >= 0.3 is 0 Å². The molecular formula is C14H19ClN2O. The second-order valence-electron chi connectivity index (χ2n) is 5.62. The number of rotatable bonds is 4. The molecule has 0 aliphatic heterocycles. The molecule has 1 N–H and O–H groups in total. The summed E-state index contributed by atoms with van der Waals surface area (Å²) < 4.78 is 0. The molecule has 1 amide bonds. The molecule has 98 valence electrons. The van der Waals surface area contributed by atoms with Crippen molar-refractivity contribution in [2.75, 3.05) is 6.54 Å². The van der Waals surface area contributed by atoms with Gasteiger partial charge in [0, 0.05) is 17.8 Å². The van der Waals surface area contributed by atoms with E-state index in [1.54, 1.807) is 12.1 Å². The first-order valence-electron chi connectivity index (χ1n) is 6.37. The van der Waals surface area contributed by atoms with E-state index in [0.29, 0.717) is 22.0 Å². The van der Waals surface area contributed by atoms with E-state index < -0.39 is 0 Å². The van der Waals surface area contributed by atoms with E-state index in [4.69, 9.17) is 11.6 Å². The van der Waals surface area contributed by atoms with E-state index in [1.165, 1.54) is 6.42 Å². The normalized spacial score (nSPS) is 20.6. The van der Waals surface area contributed by atoms with Gasteiger partial charge in [0.05, 0.1) is 0 Å². The smallest absolute Gasteiger partial charge is 0.251 e. The number of amides is 1. The molecule has 1 fully saturated rings.